The summed E-state index contributed by atoms with van der Waals surface area (Å²) >= 11 is 0. The molecule has 0 N–H and O–H groups in total. The Kier molecular flexibility index (Phi) is 4.62. The highest BCUT2D eigenvalue weighted by atomic mass is 16.5. The van der Waals surface area contributed by atoms with Gasteiger partial charge in [-0.25, -0.2) is 9.53 Å². The Morgan fingerprint density at radius 2 is 1.84 bits per heavy atom. The molecule has 25 heavy (non-hydrogen) atoms. The van der Waals surface area contributed by atoms with Crippen molar-refractivity contribution >= 4 is 11.7 Å². The van der Waals surface area contributed by atoms with Crippen molar-refractivity contribution in [1.82, 2.24) is 9.78 Å². The topological polar surface area (TPSA) is 48.5 Å². The third-order valence-electron chi connectivity index (χ3n) is 3.82. The second kappa shape index (κ2) is 7.02. The van der Waals surface area contributed by atoms with Crippen molar-refractivity contribution in [3.63, 3.8) is 0 Å². The molecule has 0 aliphatic carbocycles. The minimum absolute atomic E-state index is 0.395. The number of carbonyl (C=O) groups excluding carboxylic acids is 1. The number of esters is 1. The number of aryl methyl sites for hydroxylation is 1. The van der Waals surface area contributed by atoms with Crippen molar-refractivity contribution in [2.24, 2.45) is 0 Å². The highest BCUT2D eigenvalue weighted by Crippen LogP contribution is 2.29. The molecule has 5 heteroatoms. The van der Waals surface area contributed by atoms with E-state index in [9.17, 15) is 4.79 Å². The Balaban J connectivity index is 2.07. The van der Waals surface area contributed by atoms with Crippen LogP contribution >= 0.6 is 0 Å². The van der Waals surface area contributed by atoms with Crippen molar-refractivity contribution in [1.29, 1.82) is 0 Å². The summed E-state index contributed by atoms with van der Waals surface area (Å²) in [5.41, 5.74) is 4.07. The summed E-state index contributed by atoms with van der Waals surface area (Å²) in [6, 6.07) is 17.0. The zero-order valence-corrected chi connectivity index (χ0v) is 14.1. The Morgan fingerprint density at radius 1 is 1.16 bits per heavy atom. The fraction of sp³-hybridized carbons (Fsp3) is 0.150. The maximum atomic E-state index is 11.6. The van der Waals surface area contributed by atoms with E-state index in [2.05, 4.69) is 9.94 Å². The zero-order chi connectivity index (χ0) is 17.8. The molecule has 2 aromatic carbocycles. The van der Waals surface area contributed by atoms with Gasteiger partial charge in [-0.1, -0.05) is 42.5 Å². The molecule has 0 saturated heterocycles. The molecular formula is C20H17N3O2. The van der Waals surface area contributed by atoms with E-state index in [1.165, 1.54) is 6.92 Å². The molecule has 3 rings (SSSR count). The molecule has 0 aliphatic heterocycles. The predicted octanol–water partition coefficient (Wildman–Crippen LogP) is 4.25. The first-order valence-electron chi connectivity index (χ1n) is 7.87. The van der Waals surface area contributed by atoms with Crippen LogP contribution in [-0.4, -0.2) is 15.7 Å². The number of benzene rings is 2. The lowest BCUT2D eigenvalue weighted by molar-refractivity contribution is -0.132. The van der Waals surface area contributed by atoms with Crippen LogP contribution in [0.5, 0.6) is 5.88 Å². The SMILES string of the molecule is [C-]#[N+]c1ccc(-n2nc(C)c(Cc3ccccc3)c2OC(C)=O)cc1. The Hall–Kier alpha value is -3.39. The molecule has 3 aromatic rings. The van der Waals surface area contributed by atoms with Crippen LogP contribution in [0.2, 0.25) is 0 Å². The molecule has 0 unspecified atom stereocenters. The van der Waals surface area contributed by atoms with E-state index in [0.29, 0.717) is 18.0 Å². The van der Waals surface area contributed by atoms with E-state index < -0.39 is 5.97 Å². The van der Waals surface area contributed by atoms with E-state index in [4.69, 9.17) is 11.3 Å². The van der Waals surface area contributed by atoms with Crippen LogP contribution in [-0.2, 0) is 11.2 Å². The van der Waals surface area contributed by atoms with Gasteiger partial charge in [-0.3, -0.25) is 4.79 Å². The zero-order valence-electron chi connectivity index (χ0n) is 14.1. The molecule has 0 bridgehead atoms. The molecule has 5 nitrogen and oxygen atoms in total. The van der Waals surface area contributed by atoms with E-state index in [1.54, 1.807) is 28.9 Å². The van der Waals surface area contributed by atoms with Crippen LogP contribution in [0.25, 0.3) is 10.5 Å². The highest BCUT2D eigenvalue weighted by molar-refractivity contribution is 5.70. The number of ether oxygens (including phenoxy) is 1. The summed E-state index contributed by atoms with van der Waals surface area (Å²) in [6.45, 7) is 10.3. The first-order chi connectivity index (χ1) is 12.1. The van der Waals surface area contributed by atoms with Crippen LogP contribution in [0.1, 0.15) is 23.7 Å². The summed E-state index contributed by atoms with van der Waals surface area (Å²) in [6.07, 6.45) is 0.620. The Labute approximate surface area is 146 Å². The lowest BCUT2D eigenvalue weighted by Crippen LogP contribution is -2.09. The van der Waals surface area contributed by atoms with Crippen molar-refractivity contribution in [3.8, 4) is 11.6 Å². The van der Waals surface area contributed by atoms with Crippen molar-refractivity contribution in [2.75, 3.05) is 0 Å². The van der Waals surface area contributed by atoms with Gasteiger partial charge in [0.1, 0.15) is 0 Å². The molecule has 1 aromatic heterocycles. The lowest BCUT2D eigenvalue weighted by Gasteiger charge is -2.09. The maximum absolute atomic E-state index is 11.6. The van der Waals surface area contributed by atoms with Gasteiger partial charge in [0.15, 0.2) is 5.69 Å². The second-order valence-electron chi connectivity index (χ2n) is 5.67. The van der Waals surface area contributed by atoms with Gasteiger partial charge in [0.25, 0.3) is 0 Å². The summed E-state index contributed by atoms with van der Waals surface area (Å²) in [7, 11) is 0. The molecule has 0 radical (unpaired) electrons. The quantitative estimate of drug-likeness (QED) is 0.530. The van der Waals surface area contributed by atoms with Crippen LogP contribution < -0.4 is 4.74 Å². The predicted molar refractivity (Wildman–Crippen MR) is 95.1 cm³/mol. The third kappa shape index (κ3) is 3.59. The van der Waals surface area contributed by atoms with Crippen molar-refractivity contribution in [2.45, 2.75) is 20.3 Å². The van der Waals surface area contributed by atoms with Gasteiger partial charge in [-0.15, -0.1) is 0 Å². The van der Waals surface area contributed by atoms with Gasteiger partial charge in [-0.2, -0.15) is 5.10 Å². The van der Waals surface area contributed by atoms with Gasteiger partial charge < -0.3 is 4.74 Å². The van der Waals surface area contributed by atoms with Crippen LogP contribution in [0.4, 0.5) is 5.69 Å². The van der Waals surface area contributed by atoms with E-state index in [-0.39, 0.29) is 0 Å². The number of nitrogens with zero attached hydrogens (tertiary/aromatic N) is 3. The number of hydrogen-bond acceptors (Lipinski definition) is 3. The molecule has 124 valence electrons. The lowest BCUT2D eigenvalue weighted by atomic mass is 10.1. The molecule has 0 aliphatic rings. The molecule has 1 heterocycles. The molecule has 0 amide bonds. The fourth-order valence-corrected chi connectivity index (χ4v) is 2.63. The Morgan fingerprint density at radius 3 is 2.44 bits per heavy atom. The summed E-state index contributed by atoms with van der Waals surface area (Å²) in [5, 5.41) is 4.55. The Bertz CT molecular complexity index is 936. The second-order valence-corrected chi connectivity index (χ2v) is 5.67. The fourth-order valence-electron chi connectivity index (χ4n) is 2.63. The molecule has 0 spiro atoms. The van der Waals surface area contributed by atoms with Gasteiger partial charge >= 0.3 is 5.97 Å². The number of aromatic nitrogens is 2. The molecule has 0 saturated carbocycles. The standard InChI is InChI=1S/C20H17N3O2/c1-14-19(13-16-7-5-4-6-8-16)20(25-15(2)24)23(22-14)18-11-9-17(21-3)10-12-18/h4-12H,13H2,1-2H3. The maximum Gasteiger partial charge on any atom is 0.309 e. The summed E-state index contributed by atoms with van der Waals surface area (Å²) in [4.78, 5) is 15.0. The van der Waals surface area contributed by atoms with Crippen molar-refractivity contribution in [3.05, 3.63) is 82.8 Å². The first-order valence-corrected chi connectivity index (χ1v) is 7.87. The van der Waals surface area contributed by atoms with Gasteiger partial charge in [0.05, 0.1) is 18.0 Å². The van der Waals surface area contributed by atoms with Gasteiger partial charge in [0, 0.05) is 18.9 Å². The van der Waals surface area contributed by atoms with Gasteiger partial charge in [0.2, 0.25) is 5.88 Å². The van der Waals surface area contributed by atoms with Crippen molar-refractivity contribution < 1.29 is 9.53 Å². The normalized spacial score (nSPS) is 10.3. The number of rotatable bonds is 4. The van der Waals surface area contributed by atoms with E-state index >= 15 is 0 Å². The largest absolute Gasteiger partial charge is 0.407 e. The summed E-state index contributed by atoms with van der Waals surface area (Å²) < 4.78 is 7.10. The molecule has 0 fully saturated rings. The average Bonchev–Trinajstić information content (AvgIpc) is 2.91. The molecular weight excluding hydrogens is 314 g/mol. The third-order valence-corrected chi connectivity index (χ3v) is 3.82. The first kappa shape index (κ1) is 16.5. The monoisotopic (exact) mass is 331 g/mol. The molecule has 0 atom stereocenters. The minimum atomic E-state index is -0.395. The number of carbonyl (C=O) groups is 1. The van der Waals surface area contributed by atoms with Crippen LogP contribution in [0.15, 0.2) is 54.6 Å². The highest BCUT2D eigenvalue weighted by Gasteiger charge is 2.20. The smallest absolute Gasteiger partial charge is 0.309 e. The van der Waals surface area contributed by atoms with E-state index in [1.807, 2.05) is 37.3 Å². The average molecular weight is 331 g/mol. The minimum Gasteiger partial charge on any atom is -0.407 e. The van der Waals surface area contributed by atoms with Crippen LogP contribution in [0.3, 0.4) is 0 Å². The van der Waals surface area contributed by atoms with Crippen LogP contribution in [0, 0.1) is 13.5 Å². The van der Waals surface area contributed by atoms with Gasteiger partial charge in [-0.05, 0) is 24.6 Å². The number of hydrogen-bond donors (Lipinski definition) is 0. The summed E-state index contributed by atoms with van der Waals surface area (Å²) in [5.74, 6) is 0.0256. The van der Waals surface area contributed by atoms with E-state index in [0.717, 1.165) is 22.5 Å².